The lowest BCUT2D eigenvalue weighted by Crippen LogP contribution is -2.04. The predicted molar refractivity (Wildman–Crippen MR) is 29.2 cm³/mol. The molecule has 0 aromatic carbocycles. The average molecular weight is 122 g/mol. The molecule has 0 spiro atoms. The van der Waals surface area contributed by atoms with Gasteiger partial charge in [0, 0.05) is 13.0 Å². The van der Waals surface area contributed by atoms with Gasteiger partial charge >= 0.3 is 0 Å². The smallest absolute Gasteiger partial charge is 0.131 e. The second-order valence-electron chi connectivity index (χ2n) is 1.34. The fourth-order valence-electron chi connectivity index (χ4n) is 0.223. The summed E-state index contributed by atoms with van der Waals surface area (Å²) in [6, 6.07) is 0. The van der Waals surface area contributed by atoms with Crippen LogP contribution in [0.3, 0.4) is 0 Å². The Hall–Kier alpha value is -0.0800. The second-order valence-corrected chi connectivity index (χ2v) is 1.60. The summed E-state index contributed by atoms with van der Waals surface area (Å²) in [6.45, 7) is 2.10. The van der Waals surface area contributed by atoms with Crippen molar-refractivity contribution >= 4 is 17.6 Å². The molecule has 0 aromatic rings. The van der Waals surface area contributed by atoms with Crippen molar-refractivity contribution in [3.8, 4) is 0 Å². The summed E-state index contributed by atoms with van der Waals surface area (Å²) in [5.74, 6) is 0.160. The third kappa shape index (κ3) is 5.92. The van der Waals surface area contributed by atoms with Gasteiger partial charge in [-0.25, -0.2) is 4.84 Å². The Bertz CT molecular complexity index is 64.7. The number of hydrogen-bond donors (Lipinski definition) is 1. The molecule has 0 aromatic heterocycles. The van der Waals surface area contributed by atoms with Gasteiger partial charge in [-0.1, -0.05) is 0 Å². The first-order valence-corrected chi connectivity index (χ1v) is 2.48. The van der Waals surface area contributed by atoms with E-state index in [0.29, 0.717) is 13.0 Å². The number of nitrogens with one attached hydrogen (secondary N) is 1. The minimum Gasteiger partial charge on any atom is -0.300 e. The van der Waals surface area contributed by atoms with Crippen molar-refractivity contribution in [3.63, 3.8) is 0 Å². The average Bonchev–Trinajstić information content (AvgIpc) is 1.61. The first-order valence-electron chi connectivity index (χ1n) is 2.10. The first-order chi connectivity index (χ1) is 3.27. The monoisotopic (exact) mass is 121 g/mol. The van der Waals surface area contributed by atoms with Crippen LogP contribution in [0.2, 0.25) is 0 Å². The van der Waals surface area contributed by atoms with E-state index in [1.54, 1.807) is 0 Å². The maximum absolute atomic E-state index is 10.1. The Labute approximate surface area is 48.0 Å². The third-order valence-electron chi connectivity index (χ3n) is 0.572. The summed E-state index contributed by atoms with van der Waals surface area (Å²) >= 11 is 5.04. The Morgan fingerprint density at radius 1 is 1.86 bits per heavy atom. The molecule has 0 fully saturated rings. The lowest BCUT2D eigenvalue weighted by Gasteiger charge is -1.87. The van der Waals surface area contributed by atoms with Crippen molar-refractivity contribution in [3.05, 3.63) is 0 Å². The zero-order valence-electron chi connectivity index (χ0n) is 4.20. The highest BCUT2D eigenvalue weighted by Crippen LogP contribution is 1.77. The molecule has 0 saturated heterocycles. The standard InChI is InChI=1S/C4H8ClNO/c1-4(7)2-3-6-5/h6H,2-3H2,1H3. The van der Waals surface area contributed by atoms with E-state index in [2.05, 4.69) is 4.84 Å². The van der Waals surface area contributed by atoms with Gasteiger partial charge in [-0.15, -0.1) is 0 Å². The number of halogens is 1. The van der Waals surface area contributed by atoms with Crippen LogP contribution in [0.4, 0.5) is 0 Å². The highest BCUT2D eigenvalue weighted by molar-refractivity contribution is 6.13. The lowest BCUT2D eigenvalue weighted by atomic mass is 10.3. The van der Waals surface area contributed by atoms with Crippen LogP contribution in [0.15, 0.2) is 0 Å². The van der Waals surface area contributed by atoms with Crippen LogP contribution >= 0.6 is 11.8 Å². The van der Waals surface area contributed by atoms with E-state index in [1.165, 1.54) is 6.92 Å². The molecule has 0 bridgehead atoms. The summed E-state index contributed by atoms with van der Waals surface area (Å²) < 4.78 is 0. The van der Waals surface area contributed by atoms with E-state index in [4.69, 9.17) is 11.8 Å². The van der Waals surface area contributed by atoms with Crippen molar-refractivity contribution in [2.45, 2.75) is 13.3 Å². The number of rotatable bonds is 3. The molecular formula is C4H8ClNO. The summed E-state index contributed by atoms with van der Waals surface area (Å²) in [5, 5.41) is 0. The van der Waals surface area contributed by atoms with Crippen LogP contribution in [0.5, 0.6) is 0 Å². The molecule has 0 saturated carbocycles. The van der Waals surface area contributed by atoms with Crippen molar-refractivity contribution in [2.24, 2.45) is 0 Å². The van der Waals surface area contributed by atoms with E-state index in [9.17, 15) is 4.79 Å². The van der Waals surface area contributed by atoms with Gasteiger partial charge in [-0.05, 0) is 18.7 Å². The molecule has 0 aliphatic carbocycles. The number of carbonyl (C=O) groups is 1. The molecular weight excluding hydrogens is 114 g/mol. The van der Waals surface area contributed by atoms with Gasteiger partial charge in [0.25, 0.3) is 0 Å². The van der Waals surface area contributed by atoms with Crippen LogP contribution < -0.4 is 4.84 Å². The highest BCUT2D eigenvalue weighted by Gasteiger charge is 1.87. The fourth-order valence-corrected chi connectivity index (χ4v) is 0.318. The summed E-state index contributed by atoms with van der Waals surface area (Å²) in [7, 11) is 0. The second kappa shape index (κ2) is 4.09. The molecule has 0 amide bonds. The Morgan fingerprint density at radius 3 is 2.57 bits per heavy atom. The van der Waals surface area contributed by atoms with Gasteiger partial charge in [0.05, 0.1) is 0 Å². The van der Waals surface area contributed by atoms with Crippen molar-refractivity contribution in [1.29, 1.82) is 0 Å². The zero-order valence-corrected chi connectivity index (χ0v) is 4.96. The molecule has 0 aliphatic rings. The minimum absolute atomic E-state index is 0.160. The SMILES string of the molecule is CC(=O)CCNCl. The van der Waals surface area contributed by atoms with E-state index in [1.807, 2.05) is 0 Å². The third-order valence-corrected chi connectivity index (χ3v) is 0.761. The number of hydrogen-bond acceptors (Lipinski definition) is 2. The molecule has 0 aliphatic heterocycles. The minimum atomic E-state index is 0.160. The molecule has 1 N–H and O–H groups in total. The summed E-state index contributed by atoms with van der Waals surface area (Å²) in [5.41, 5.74) is 0. The molecule has 0 atom stereocenters. The molecule has 7 heavy (non-hydrogen) atoms. The quantitative estimate of drug-likeness (QED) is 0.558. The van der Waals surface area contributed by atoms with Gasteiger partial charge in [0.15, 0.2) is 0 Å². The fraction of sp³-hybridized carbons (Fsp3) is 0.750. The van der Waals surface area contributed by atoms with E-state index >= 15 is 0 Å². The van der Waals surface area contributed by atoms with Gasteiger partial charge in [0.1, 0.15) is 5.78 Å². The van der Waals surface area contributed by atoms with Crippen LogP contribution in [0.1, 0.15) is 13.3 Å². The molecule has 0 rings (SSSR count). The maximum Gasteiger partial charge on any atom is 0.131 e. The van der Waals surface area contributed by atoms with Crippen LogP contribution in [0.25, 0.3) is 0 Å². The zero-order chi connectivity index (χ0) is 5.70. The number of ketones is 1. The summed E-state index contributed by atoms with van der Waals surface area (Å²) in [6.07, 6.45) is 0.517. The predicted octanol–water partition coefficient (Wildman–Crippen LogP) is 0.709. The largest absolute Gasteiger partial charge is 0.300 e. The number of Topliss-reactive ketones (excluding diaryl/α,β-unsaturated/α-hetero) is 1. The van der Waals surface area contributed by atoms with E-state index in [0.717, 1.165) is 0 Å². The molecule has 42 valence electrons. The molecule has 0 radical (unpaired) electrons. The molecule has 0 unspecified atom stereocenters. The van der Waals surface area contributed by atoms with E-state index < -0.39 is 0 Å². The van der Waals surface area contributed by atoms with Gasteiger partial charge in [-0.3, -0.25) is 4.79 Å². The van der Waals surface area contributed by atoms with Crippen LogP contribution in [0, 0.1) is 0 Å². The van der Waals surface area contributed by atoms with Crippen molar-refractivity contribution in [1.82, 2.24) is 4.84 Å². The Balaban J connectivity index is 2.82. The van der Waals surface area contributed by atoms with Gasteiger partial charge in [0.2, 0.25) is 0 Å². The Morgan fingerprint density at radius 2 is 2.43 bits per heavy atom. The van der Waals surface area contributed by atoms with Crippen molar-refractivity contribution < 1.29 is 4.79 Å². The molecule has 2 nitrogen and oxygen atoms in total. The van der Waals surface area contributed by atoms with E-state index in [-0.39, 0.29) is 5.78 Å². The van der Waals surface area contributed by atoms with Crippen LogP contribution in [-0.4, -0.2) is 12.3 Å². The Kier molecular flexibility index (Phi) is 4.04. The lowest BCUT2D eigenvalue weighted by molar-refractivity contribution is -0.116. The first kappa shape index (κ1) is 6.92. The van der Waals surface area contributed by atoms with Gasteiger partial charge in [-0.2, -0.15) is 0 Å². The molecule has 0 heterocycles. The maximum atomic E-state index is 10.1. The summed E-state index contributed by atoms with van der Waals surface area (Å²) in [4.78, 5) is 12.5. The van der Waals surface area contributed by atoms with Gasteiger partial charge < -0.3 is 0 Å². The van der Waals surface area contributed by atoms with Crippen LogP contribution in [-0.2, 0) is 4.79 Å². The highest BCUT2D eigenvalue weighted by atomic mass is 35.5. The normalized spacial score (nSPS) is 8.86. The number of carbonyl (C=O) groups excluding carboxylic acids is 1. The topological polar surface area (TPSA) is 29.1 Å². The van der Waals surface area contributed by atoms with Crippen molar-refractivity contribution in [2.75, 3.05) is 6.54 Å². The molecule has 3 heteroatoms.